The van der Waals surface area contributed by atoms with E-state index in [0.717, 1.165) is 35.6 Å². The SMILES string of the molecule is Cc1ccc(S(=O)(=O)N(CC(=O)N(Cc2ccccc2Cl)[C@@H](C)C(=O)NC2CCCC2)c2ccc(Oc3ccccc3)cc2)cc1. The van der Waals surface area contributed by atoms with Crippen LogP contribution in [0.1, 0.15) is 43.7 Å². The van der Waals surface area contributed by atoms with Crippen LogP contribution in [-0.2, 0) is 26.2 Å². The minimum absolute atomic E-state index is 0.0278. The fourth-order valence-electron chi connectivity index (χ4n) is 5.46. The van der Waals surface area contributed by atoms with E-state index < -0.39 is 28.5 Å². The molecule has 8 nitrogen and oxygen atoms in total. The highest BCUT2D eigenvalue weighted by molar-refractivity contribution is 7.92. The minimum atomic E-state index is -4.20. The van der Waals surface area contributed by atoms with Crippen LogP contribution >= 0.6 is 11.6 Å². The molecule has 0 spiro atoms. The van der Waals surface area contributed by atoms with Crippen LogP contribution in [0.25, 0.3) is 0 Å². The molecule has 1 saturated carbocycles. The molecule has 4 aromatic carbocycles. The van der Waals surface area contributed by atoms with Crippen LogP contribution < -0.4 is 14.4 Å². The van der Waals surface area contributed by atoms with Gasteiger partial charge < -0.3 is 15.0 Å². The average molecular weight is 660 g/mol. The number of sulfonamides is 1. The lowest BCUT2D eigenvalue weighted by Gasteiger charge is -2.32. The predicted molar refractivity (Wildman–Crippen MR) is 181 cm³/mol. The van der Waals surface area contributed by atoms with Gasteiger partial charge in [0.1, 0.15) is 24.1 Å². The van der Waals surface area contributed by atoms with Gasteiger partial charge in [0.05, 0.1) is 10.6 Å². The normalized spacial score (nSPS) is 14.0. The number of anilines is 1. The van der Waals surface area contributed by atoms with Crippen LogP contribution in [0.4, 0.5) is 5.69 Å². The zero-order valence-corrected chi connectivity index (χ0v) is 27.5. The number of aryl methyl sites for hydroxylation is 1. The van der Waals surface area contributed by atoms with Gasteiger partial charge in [-0.3, -0.25) is 13.9 Å². The van der Waals surface area contributed by atoms with E-state index in [-0.39, 0.29) is 29.1 Å². The van der Waals surface area contributed by atoms with E-state index in [1.165, 1.54) is 17.0 Å². The van der Waals surface area contributed by atoms with E-state index in [0.29, 0.717) is 22.1 Å². The largest absolute Gasteiger partial charge is 0.457 e. The highest BCUT2D eigenvalue weighted by Crippen LogP contribution is 2.29. The van der Waals surface area contributed by atoms with Gasteiger partial charge in [0, 0.05) is 17.6 Å². The molecule has 5 rings (SSSR count). The first-order chi connectivity index (χ1) is 22.1. The Bertz CT molecular complexity index is 1740. The molecule has 46 heavy (non-hydrogen) atoms. The topological polar surface area (TPSA) is 96.0 Å². The number of hydrogen-bond acceptors (Lipinski definition) is 5. The van der Waals surface area contributed by atoms with Gasteiger partial charge in [-0.15, -0.1) is 0 Å². The number of halogens is 1. The number of nitrogens with zero attached hydrogens (tertiary/aromatic N) is 2. The molecule has 1 aliphatic rings. The molecule has 0 unspecified atom stereocenters. The number of nitrogens with one attached hydrogen (secondary N) is 1. The van der Waals surface area contributed by atoms with Crippen molar-refractivity contribution in [3.05, 3.63) is 119 Å². The van der Waals surface area contributed by atoms with Gasteiger partial charge in [-0.05, 0) is 86.8 Å². The van der Waals surface area contributed by atoms with Crippen LogP contribution in [0.3, 0.4) is 0 Å². The van der Waals surface area contributed by atoms with Crippen LogP contribution in [0, 0.1) is 6.92 Å². The second kappa shape index (κ2) is 14.8. The highest BCUT2D eigenvalue weighted by Gasteiger charge is 2.33. The van der Waals surface area contributed by atoms with Crippen LogP contribution in [0.2, 0.25) is 5.02 Å². The molecule has 0 aromatic heterocycles. The Morgan fingerprint density at radius 1 is 0.870 bits per heavy atom. The van der Waals surface area contributed by atoms with Crippen LogP contribution in [-0.4, -0.2) is 43.8 Å². The second-order valence-electron chi connectivity index (χ2n) is 11.5. The standard InChI is InChI=1S/C36H38ClN3O5S/c1-26-16-22-33(23-17-26)46(43,44)40(30-18-20-32(21-19-30)45-31-13-4-3-5-14-31)25-35(41)39(24-28-10-6-9-15-34(28)37)27(2)36(42)38-29-11-7-8-12-29/h3-6,9-10,13-23,27,29H,7-8,11-12,24-25H2,1-2H3,(H,38,42)/t27-/m0/s1. The molecule has 0 heterocycles. The Kier molecular flexibility index (Phi) is 10.7. The zero-order chi connectivity index (χ0) is 32.7. The monoisotopic (exact) mass is 659 g/mol. The fraction of sp³-hybridized carbons (Fsp3) is 0.278. The number of para-hydroxylation sites is 1. The van der Waals surface area contributed by atoms with Crippen molar-refractivity contribution < 1.29 is 22.7 Å². The van der Waals surface area contributed by atoms with Crippen molar-refractivity contribution in [2.75, 3.05) is 10.8 Å². The third-order valence-electron chi connectivity index (χ3n) is 8.16. The van der Waals surface area contributed by atoms with Crippen LogP contribution in [0.15, 0.2) is 108 Å². The second-order valence-corrected chi connectivity index (χ2v) is 13.8. The molecule has 0 saturated heterocycles. The smallest absolute Gasteiger partial charge is 0.264 e. The van der Waals surface area contributed by atoms with Gasteiger partial charge in [-0.1, -0.05) is 78.5 Å². The molecule has 1 N–H and O–H groups in total. The average Bonchev–Trinajstić information content (AvgIpc) is 3.57. The van der Waals surface area contributed by atoms with Crippen LogP contribution in [0.5, 0.6) is 11.5 Å². The third kappa shape index (κ3) is 8.08. The van der Waals surface area contributed by atoms with Gasteiger partial charge in [0.15, 0.2) is 0 Å². The van der Waals surface area contributed by atoms with Gasteiger partial charge in [0.2, 0.25) is 11.8 Å². The third-order valence-corrected chi connectivity index (χ3v) is 10.3. The maximum Gasteiger partial charge on any atom is 0.264 e. The predicted octanol–water partition coefficient (Wildman–Crippen LogP) is 7.11. The van der Waals surface area contributed by atoms with Crippen molar-refractivity contribution in [1.29, 1.82) is 0 Å². The maximum atomic E-state index is 14.2. The van der Waals surface area contributed by atoms with Gasteiger partial charge >= 0.3 is 0 Å². The first kappa shape index (κ1) is 33.0. The number of carbonyl (C=O) groups is 2. The number of hydrogen-bond donors (Lipinski definition) is 1. The van der Waals surface area contributed by atoms with Gasteiger partial charge in [0.25, 0.3) is 10.0 Å². The van der Waals surface area contributed by atoms with E-state index >= 15 is 0 Å². The molecule has 1 fully saturated rings. The molecule has 240 valence electrons. The van der Waals surface area contributed by atoms with Gasteiger partial charge in [-0.25, -0.2) is 8.42 Å². The molecule has 0 bridgehead atoms. The summed E-state index contributed by atoms with van der Waals surface area (Å²) in [7, 11) is -4.20. The minimum Gasteiger partial charge on any atom is -0.457 e. The molecule has 2 amide bonds. The summed E-state index contributed by atoms with van der Waals surface area (Å²) >= 11 is 6.48. The quantitative estimate of drug-likeness (QED) is 0.175. The number of amides is 2. The summed E-state index contributed by atoms with van der Waals surface area (Å²) in [6, 6.07) is 28.5. The summed E-state index contributed by atoms with van der Waals surface area (Å²) in [4.78, 5) is 29.1. The summed E-state index contributed by atoms with van der Waals surface area (Å²) in [5, 5.41) is 3.52. The molecule has 10 heteroatoms. The summed E-state index contributed by atoms with van der Waals surface area (Å²) in [6.45, 7) is 3.02. The van der Waals surface area contributed by atoms with E-state index in [9.17, 15) is 18.0 Å². The first-order valence-corrected chi connectivity index (χ1v) is 17.2. The Morgan fingerprint density at radius 2 is 1.48 bits per heavy atom. The lowest BCUT2D eigenvalue weighted by atomic mass is 10.1. The lowest BCUT2D eigenvalue weighted by Crippen LogP contribution is -2.52. The van der Waals surface area contributed by atoms with E-state index in [1.807, 2.05) is 37.3 Å². The molecular weight excluding hydrogens is 622 g/mol. The van der Waals surface area contributed by atoms with E-state index in [4.69, 9.17) is 16.3 Å². The van der Waals surface area contributed by atoms with E-state index in [1.54, 1.807) is 67.6 Å². The van der Waals surface area contributed by atoms with Gasteiger partial charge in [-0.2, -0.15) is 0 Å². The zero-order valence-electron chi connectivity index (χ0n) is 25.9. The van der Waals surface area contributed by atoms with Crippen molar-refractivity contribution in [2.45, 2.75) is 63.1 Å². The molecule has 0 aliphatic heterocycles. The maximum absolute atomic E-state index is 14.2. The Balaban J connectivity index is 1.47. The summed E-state index contributed by atoms with van der Waals surface area (Å²) in [5.41, 5.74) is 1.82. The van der Waals surface area contributed by atoms with Crippen molar-refractivity contribution in [2.24, 2.45) is 0 Å². The van der Waals surface area contributed by atoms with Crippen molar-refractivity contribution in [3.8, 4) is 11.5 Å². The van der Waals surface area contributed by atoms with Crippen molar-refractivity contribution in [3.63, 3.8) is 0 Å². The number of benzene rings is 4. The lowest BCUT2D eigenvalue weighted by molar-refractivity contribution is -0.139. The molecule has 4 aromatic rings. The summed E-state index contributed by atoms with van der Waals surface area (Å²) in [6.07, 6.45) is 3.87. The number of rotatable bonds is 12. The molecule has 1 atom stereocenters. The Labute approximate surface area is 276 Å². The molecular formula is C36H38ClN3O5S. The Hall–Kier alpha value is -4.34. The number of ether oxygens (including phenoxy) is 1. The molecule has 0 radical (unpaired) electrons. The summed E-state index contributed by atoms with van der Waals surface area (Å²) in [5.74, 6) is 0.304. The number of carbonyl (C=O) groups excluding carboxylic acids is 2. The molecule has 1 aliphatic carbocycles. The summed E-state index contributed by atoms with van der Waals surface area (Å²) < 4.78 is 35.3. The fourth-order valence-corrected chi connectivity index (χ4v) is 7.07. The van der Waals surface area contributed by atoms with E-state index in [2.05, 4.69) is 5.32 Å². The first-order valence-electron chi connectivity index (χ1n) is 15.4. The highest BCUT2D eigenvalue weighted by atomic mass is 35.5. The van der Waals surface area contributed by atoms with Crippen molar-refractivity contribution >= 4 is 39.1 Å². The Morgan fingerprint density at radius 3 is 2.13 bits per heavy atom. The van der Waals surface area contributed by atoms with Crippen molar-refractivity contribution in [1.82, 2.24) is 10.2 Å².